The fourth-order valence-corrected chi connectivity index (χ4v) is 3.98. The summed E-state index contributed by atoms with van der Waals surface area (Å²) < 4.78 is 25.2. The van der Waals surface area contributed by atoms with Crippen LogP contribution in [0.3, 0.4) is 0 Å². The van der Waals surface area contributed by atoms with E-state index < -0.39 is 0 Å². The molecule has 0 aromatic heterocycles. The highest BCUT2D eigenvalue weighted by Gasteiger charge is 2.17. The molecule has 0 saturated carbocycles. The Morgan fingerprint density at radius 1 is 0.757 bits per heavy atom. The highest BCUT2D eigenvalue weighted by molar-refractivity contribution is 5.94. The summed E-state index contributed by atoms with van der Waals surface area (Å²) in [5, 5.41) is 0. The molecule has 0 spiro atoms. The van der Waals surface area contributed by atoms with Crippen LogP contribution in [0.1, 0.15) is 30.0 Å². The Hall–Kier alpha value is -4.12. The molecule has 0 unspecified atom stereocenters. The molecular formula is C32H32FNO3. The number of carbonyl (C=O) groups is 1. The number of rotatable bonds is 12. The van der Waals surface area contributed by atoms with Gasteiger partial charge < -0.3 is 14.4 Å². The minimum Gasteiger partial charge on any atom is -0.494 e. The lowest BCUT2D eigenvalue weighted by molar-refractivity contribution is -0.118. The van der Waals surface area contributed by atoms with Crippen molar-refractivity contribution in [3.8, 4) is 11.5 Å². The molecular weight excluding hydrogens is 465 g/mol. The number of halogens is 1. The monoisotopic (exact) mass is 497 g/mol. The number of hydrogen-bond acceptors (Lipinski definition) is 3. The Balaban J connectivity index is 1.43. The van der Waals surface area contributed by atoms with E-state index in [2.05, 4.69) is 6.92 Å². The molecule has 0 aliphatic rings. The SMILES string of the molecule is CCCOc1ccc(CC(=O)N(CCc2cccc(OCc3ccccc3)c2)c2ccc(F)cc2)cc1. The van der Waals surface area contributed by atoms with Gasteiger partial charge in [-0.1, -0.05) is 61.5 Å². The summed E-state index contributed by atoms with van der Waals surface area (Å²) in [4.78, 5) is 15.1. The van der Waals surface area contributed by atoms with Crippen molar-refractivity contribution < 1.29 is 18.7 Å². The zero-order valence-corrected chi connectivity index (χ0v) is 21.1. The van der Waals surface area contributed by atoms with Gasteiger partial charge in [-0.3, -0.25) is 4.79 Å². The molecule has 0 fully saturated rings. The molecule has 0 saturated heterocycles. The molecule has 4 nitrogen and oxygen atoms in total. The van der Waals surface area contributed by atoms with Gasteiger partial charge in [-0.2, -0.15) is 0 Å². The zero-order chi connectivity index (χ0) is 25.9. The molecule has 37 heavy (non-hydrogen) atoms. The number of benzene rings is 4. The van der Waals surface area contributed by atoms with Gasteiger partial charge >= 0.3 is 0 Å². The van der Waals surface area contributed by atoms with Gasteiger partial charge in [0.15, 0.2) is 0 Å². The van der Waals surface area contributed by atoms with E-state index in [0.717, 1.165) is 34.6 Å². The third-order valence-corrected chi connectivity index (χ3v) is 5.96. The van der Waals surface area contributed by atoms with Gasteiger partial charge in [0.05, 0.1) is 13.0 Å². The predicted molar refractivity (Wildman–Crippen MR) is 146 cm³/mol. The molecule has 0 heterocycles. The lowest BCUT2D eigenvalue weighted by Gasteiger charge is -2.23. The minimum absolute atomic E-state index is 0.0506. The summed E-state index contributed by atoms with van der Waals surface area (Å²) >= 11 is 0. The largest absolute Gasteiger partial charge is 0.494 e. The van der Waals surface area contributed by atoms with Crippen molar-refractivity contribution in [2.45, 2.75) is 32.8 Å². The average molecular weight is 498 g/mol. The molecule has 5 heteroatoms. The summed E-state index contributed by atoms with van der Waals surface area (Å²) in [5.74, 6) is 1.20. The van der Waals surface area contributed by atoms with Crippen molar-refractivity contribution in [2.24, 2.45) is 0 Å². The molecule has 190 valence electrons. The van der Waals surface area contributed by atoms with E-state index in [1.165, 1.54) is 12.1 Å². The first-order valence-electron chi connectivity index (χ1n) is 12.6. The highest BCUT2D eigenvalue weighted by Crippen LogP contribution is 2.21. The number of ether oxygens (including phenoxy) is 2. The van der Waals surface area contributed by atoms with E-state index in [1.54, 1.807) is 17.0 Å². The van der Waals surface area contributed by atoms with Crippen LogP contribution in [-0.2, 0) is 24.2 Å². The van der Waals surface area contributed by atoms with Crippen molar-refractivity contribution in [3.05, 3.63) is 126 Å². The molecule has 0 aliphatic heterocycles. The number of hydrogen-bond donors (Lipinski definition) is 0. The standard InChI is InChI=1S/C32H32FNO3/c1-2-21-36-30-17-11-26(12-18-30)23-32(35)34(29-15-13-28(33)14-16-29)20-19-25-9-6-10-31(22-25)37-24-27-7-4-3-5-8-27/h3-18,22H,2,19-21,23-24H2,1H3. The van der Waals surface area contributed by atoms with E-state index in [4.69, 9.17) is 9.47 Å². The normalized spacial score (nSPS) is 10.6. The molecule has 0 aliphatic carbocycles. The average Bonchev–Trinajstić information content (AvgIpc) is 2.93. The molecule has 4 aromatic rings. The fourth-order valence-electron chi connectivity index (χ4n) is 3.98. The van der Waals surface area contributed by atoms with Gasteiger partial charge in [-0.05, 0) is 78.1 Å². The molecule has 4 aromatic carbocycles. The summed E-state index contributed by atoms with van der Waals surface area (Å²) in [7, 11) is 0. The topological polar surface area (TPSA) is 38.8 Å². The van der Waals surface area contributed by atoms with Gasteiger partial charge in [-0.25, -0.2) is 4.39 Å². The second-order valence-electron chi connectivity index (χ2n) is 8.86. The van der Waals surface area contributed by atoms with Gasteiger partial charge in [0, 0.05) is 12.2 Å². The molecule has 0 bridgehead atoms. The van der Waals surface area contributed by atoms with E-state index in [0.29, 0.717) is 31.9 Å². The van der Waals surface area contributed by atoms with Crippen molar-refractivity contribution in [2.75, 3.05) is 18.1 Å². The maximum absolute atomic E-state index is 13.6. The van der Waals surface area contributed by atoms with Crippen LogP contribution in [0.4, 0.5) is 10.1 Å². The third kappa shape index (κ3) is 7.94. The summed E-state index contributed by atoms with van der Waals surface area (Å²) in [6, 6.07) is 31.6. The van der Waals surface area contributed by atoms with Crippen LogP contribution >= 0.6 is 0 Å². The first kappa shape index (κ1) is 26.0. The second-order valence-corrected chi connectivity index (χ2v) is 8.86. The highest BCUT2D eigenvalue weighted by atomic mass is 19.1. The Morgan fingerprint density at radius 2 is 1.49 bits per heavy atom. The number of carbonyl (C=O) groups excluding carboxylic acids is 1. The molecule has 0 N–H and O–H groups in total. The second kappa shape index (κ2) is 13.3. The van der Waals surface area contributed by atoms with Crippen molar-refractivity contribution in [1.82, 2.24) is 0 Å². The van der Waals surface area contributed by atoms with Crippen LogP contribution in [0.15, 0.2) is 103 Å². The maximum Gasteiger partial charge on any atom is 0.231 e. The van der Waals surface area contributed by atoms with Crippen molar-refractivity contribution >= 4 is 11.6 Å². The van der Waals surface area contributed by atoms with E-state index >= 15 is 0 Å². The Labute approximate surface area is 218 Å². The van der Waals surface area contributed by atoms with Crippen LogP contribution in [-0.4, -0.2) is 19.1 Å². The van der Waals surface area contributed by atoms with Gasteiger partial charge in [0.1, 0.15) is 23.9 Å². The summed E-state index contributed by atoms with van der Waals surface area (Å²) in [5.41, 5.74) is 3.73. The molecule has 0 atom stereocenters. The first-order valence-corrected chi connectivity index (χ1v) is 12.6. The summed E-state index contributed by atoms with van der Waals surface area (Å²) in [6.45, 7) is 3.68. The number of amides is 1. The number of anilines is 1. The van der Waals surface area contributed by atoms with E-state index in [-0.39, 0.29) is 18.1 Å². The van der Waals surface area contributed by atoms with E-state index in [9.17, 15) is 9.18 Å². The van der Waals surface area contributed by atoms with E-state index in [1.807, 2.05) is 78.9 Å². The van der Waals surface area contributed by atoms with Crippen molar-refractivity contribution in [1.29, 1.82) is 0 Å². The maximum atomic E-state index is 13.6. The van der Waals surface area contributed by atoms with Gasteiger partial charge in [0.2, 0.25) is 5.91 Å². The predicted octanol–water partition coefficient (Wildman–Crippen LogP) is 7.01. The Bertz CT molecular complexity index is 1260. The molecule has 4 rings (SSSR count). The lowest BCUT2D eigenvalue weighted by atomic mass is 10.1. The van der Waals surface area contributed by atoms with Crippen LogP contribution in [0.2, 0.25) is 0 Å². The van der Waals surface area contributed by atoms with Crippen LogP contribution in [0, 0.1) is 5.82 Å². The smallest absolute Gasteiger partial charge is 0.231 e. The van der Waals surface area contributed by atoms with Crippen LogP contribution in [0.5, 0.6) is 11.5 Å². The lowest BCUT2D eigenvalue weighted by Crippen LogP contribution is -2.34. The fraction of sp³-hybridized carbons (Fsp3) is 0.219. The minimum atomic E-state index is -0.331. The zero-order valence-electron chi connectivity index (χ0n) is 21.1. The van der Waals surface area contributed by atoms with Crippen LogP contribution in [0.25, 0.3) is 0 Å². The van der Waals surface area contributed by atoms with Gasteiger partial charge in [-0.15, -0.1) is 0 Å². The molecule has 0 radical (unpaired) electrons. The van der Waals surface area contributed by atoms with Crippen molar-refractivity contribution in [3.63, 3.8) is 0 Å². The van der Waals surface area contributed by atoms with Gasteiger partial charge in [0.25, 0.3) is 0 Å². The first-order chi connectivity index (χ1) is 18.1. The molecule has 1 amide bonds. The Kier molecular flexibility index (Phi) is 9.30. The van der Waals surface area contributed by atoms with Crippen LogP contribution < -0.4 is 14.4 Å². The summed E-state index contributed by atoms with van der Waals surface area (Å²) in [6.07, 6.45) is 1.82. The Morgan fingerprint density at radius 3 is 2.22 bits per heavy atom. The third-order valence-electron chi connectivity index (χ3n) is 5.96. The number of nitrogens with zero attached hydrogens (tertiary/aromatic N) is 1. The quantitative estimate of drug-likeness (QED) is 0.211.